The van der Waals surface area contributed by atoms with Gasteiger partial charge in [0.15, 0.2) is 0 Å². The van der Waals surface area contributed by atoms with Crippen molar-refractivity contribution in [2.75, 3.05) is 12.4 Å². The molecule has 1 saturated carbocycles. The molecule has 112 valence electrons. The molecule has 0 bridgehead atoms. The van der Waals surface area contributed by atoms with Crippen molar-refractivity contribution in [2.24, 2.45) is 0 Å². The van der Waals surface area contributed by atoms with Crippen molar-refractivity contribution in [1.82, 2.24) is 4.72 Å². The summed E-state index contributed by atoms with van der Waals surface area (Å²) in [6.45, 7) is 0.0866. The summed E-state index contributed by atoms with van der Waals surface area (Å²) in [6.07, 6.45) is 3.99. The van der Waals surface area contributed by atoms with Crippen molar-refractivity contribution >= 4 is 21.6 Å². The number of rotatable bonds is 7. The van der Waals surface area contributed by atoms with Crippen LogP contribution >= 0.6 is 11.6 Å². The number of sulfonamides is 1. The first-order valence-electron chi connectivity index (χ1n) is 6.82. The van der Waals surface area contributed by atoms with Crippen LogP contribution in [0.4, 0.5) is 0 Å². The van der Waals surface area contributed by atoms with Gasteiger partial charge >= 0.3 is 0 Å². The number of alkyl halides is 1. The molecule has 0 aromatic heterocycles. The summed E-state index contributed by atoms with van der Waals surface area (Å²) in [5.41, 5.74) is 0.218. The van der Waals surface area contributed by atoms with Crippen LogP contribution in [0.2, 0.25) is 0 Å². The first-order valence-corrected chi connectivity index (χ1v) is 8.84. The lowest BCUT2D eigenvalue weighted by Crippen LogP contribution is -2.47. The molecule has 0 atom stereocenters. The molecule has 1 aliphatic carbocycles. The van der Waals surface area contributed by atoms with Crippen molar-refractivity contribution < 1.29 is 13.5 Å². The maximum absolute atomic E-state index is 12.1. The average molecular weight is 318 g/mol. The van der Waals surface area contributed by atoms with E-state index in [1.54, 1.807) is 24.3 Å². The minimum absolute atomic E-state index is 0.0866. The Kier molecular flexibility index (Phi) is 5.07. The van der Waals surface area contributed by atoms with Gasteiger partial charge in [0.1, 0.15) is 0 Å². The highest BCUT2D eigenvalue weighted by molar-refractivity contribution is 7.89. The summed E-state index contributed by atoms with van der Waals surface area (Å²) in [5, 5.41) is 9.92. The Morgan fingerprint density at radius 1 is 1.25 bits per heavy atom. The zero-order chi connectivity index (χ0) is 14.6. The summed E-state index contributed by atoms with van der Waals surface area (Å²) in [7, 11) is -3.54. The summed E-state index contributed by atoms with van der Waals surface area (Å²) >= 11 is 5.63. The van der Waals surface area contributed by atoms with Crippen LogP contribution in [-0.4, -0.2) is 31.6 Å². The standard InChI is InChI=1S/C14H20ClNO3S/c15-10-1-3-12-4-6-13(7-5-12)20(18,19)16-11-14(17)8-2-9-14/h4-7,16-17H,1-3,8-11H2. The number of aryl methyl sites for hydroxylation is 1. The fourth-order valence-electron chi connectivity index (χ4n) is 2.18. The largest absolute Gasteiger partial charge is 0.389 e. The van der Waals surface area contributed by atoms with E-state index >= 15 is 0 Å². The number of benzene rings is 1. The molecule has 1 aliphatic rings. The minimum atomic E-state index is -3.54. The average Bonchev–Trinajstić information content (AvgIpc) is 2.41. The predicted octanol–water partition coefficient (Wildman–Crippen LogP) is 2.05. The van der Waals surface area contributed by atoms with E-state index < -0.39 is 15.6 Å². The van der Waals surface area contributed by atoms with Gasteiger partial charge < -0.3 is 5.11 Å². The molecular formula is C14H20ClNO3S. The van der Waals surface area contributed by atoms with Gasteiger partial charge in [0.2, 0.25) is 10.0 Å². The van der Waals surface area contributed by atoms with E-state index in [2.05, 4.69) is 4.72 Å². The third-order valence-corrected chi connectivity index (χ3v) is 5.39. The van der Waals surface area contributed by atoms with Crippen LogP contribution < -0.4 is 4.72 Å². The van der Waals surface area contributed by atoms with Gasteiger partial charge in [0.05, 0.1) is 10.5 Å². The molecule has 0 saturated heterocycles. The van der Waals surface area contributed by atoms with Gasteiger partial charge in [-0.25, -0.2) is 13.1 Å². The minimum Gasteiger partial charge on any atom is -0.389 e. The summed E-state index contributed by atoms with van der Waals surface area (Å²) in [4.78, 5) is 0.232. The normalized spacial score (nSPS) is 17.7. The number of hydrogen-bond donors (Lipinski definition) is 2. The molecule has 0 aliphatic heterocycles. The van der Waals surface area contributed by atoms with Crippen LogP contribution in [0.25, 0.3) is 0 Å². The van der Waals surface area contributed by atoms with Gasteiger partial charge in [-0.15, -0.1) is 11.6 Å². The van der Waals surface area contributed by atoms with Crippen molar-refractivity contribution in [2.45, 2.75) is 42.6 Å². The van der Waals surface area contributed by atoms with Gasteiger partial charge in [0.25, 0.3) is 0 Å². The SMILES string of the molecule is O=S(=O)(NCC1(O)CCC1)c1ccc(CCCCl)cc1. The van der Waals surface area contributed by atoms with Crippen LogP contribution in [-0.2, 0) is 16.4 Å². The summed E-state index contributed by atoms with van der Waals surface area (Å²) in [5.74, 6) is 0.597. The van der Waals surface area contributed by atoms with E-state index in [9.17, 15) is 13.5 Å². The maximum Gasteiger partial charge on any atom is 0.240 e. The fraction of sp³-hybridized carbons (Fsp3) is 0.571. The van der Waals surface area contributed by atoms with Crippen LogP contribution in [0, 0.1) is 0 Å². The molecule has 20 heavy (non-hydrogen) atoms. The third-order valence-electron chi connectivity index (χ3n) is 3.71. The second kappa shape index (κ2) is 6.43. The van der Waals surface area contributed by atoms with Gasteiger partial charge in [-0.1, -0.05) is 12.1 Å². The molecule has 2 rings (SSSR count). The number of hydrogen-bond acceptors (Lipinski definition) is 3. The predicted molar refractivity (Wildman–Crippen MR) is 79.5 cm³/mol. The highest BCUT2D eigenvalue weighted by atomic mass is 35.5. The molecule has 0 spiro atoms. The number of halogens is 1. The Morgan fingerprint density at radius 3 is 2.40 bits per heavy atom. The van der Waals surface area contributed by atoms with E-state index in [1.807, 2.05) is 0 Å². The van der Waals surface area contributed by atoms with Gasteiger partial charge in [-0.05, 0) is 49.8 Å². The monoisotopic (exact) mass is 317 g/mol. The molecule has 0 amide bonds. The van der Waals surface area contributed by atoms with Crippen LogP contribution in [0.5, 0.6) is 0 Å². The highest BCUT2D eigenvalue weighted by Gasteiger charge is 2.35. The van der Waals surface area contributed by atoms with Crippen molar-refractivity contribution in [3.8, 4) is 0 Å². The molecule has 6 heteroatoms. The third kappa shape index (κ3) is 3.95. The van der Waals surface area contributed by atoms with Crippen molar-refractivity contribution in [3.63, 3.8) is 0 Å². The quantitative estimate of drug-likeness (QED) is 0.756. The molecule has 2 N–H and O–H groups in total. The summed E-state index contributed by atoms with van der Waals surface area (Å²) in [6, 6.07) is 6.80. The van der Waals surface area contributed by atoms with E-state index in [0.29, 0.717) is 18.7 Å². The number of aliphatic hydroxyl groups is 1. The molecule has 1 aromatic carbocycles. The molecule has 0 heterocycles. The summed E-state index contributed by atoms with van der Waals surface area (Å²) < 4.78 is 26.7. The van der Waals surface area contributed by atoms with E-state index in [1.165, 1.54) is 0 Å². The Balaban J connectivity index is 1.98. The van der Waals surface area contributed by atoms with Crippen molar-refractivity contribution in [3.05, 3.63) is 29.8 Å². The number of nitrogens with one attached hydrogen (secondary N) is 1. The van der Waals surface area contributed by atoms with Crippen molar-refractivity contribution in [1.29, 1.82) is 0 Å². The topological polar surface area (TPSA) is 66.4 Å². The van der Waals surface area contributed by atoms with Crippen LogP contribution in [0.15, 0.2) is 29.2 Å². The second-order valence-electron chi connectivity index (χ2n) is 5.34. The molecule has 0 unspecified atom stereocenters. The van der Waals surface area contributed by atoms with E-state index in [-0.39, 0.29) is 11.4 Å². The molecule has 0 radical (unpaired) electrons. The lowest BCUT2D eigenvalue weighted by molar-refractivity contribution is -0.0270. The zero-order valence-electron chi connectivity index (χ0n) is 11.3. The van der Waals surface area contributed by atoms with Gasteiger partial charge in [-0.2, -0.15) is 0 Å². The first-order chi connectivity index (χ1) is 9.45. The fourth-order valence-corrected chi connectivity index (χ4v) is 3.43. The van der Waals surface area contributed by atoms with Crippen LogP contribution in [0.3, 0.4) is 0 Å². The Morgan fingerprint density at radius 2 is 1.90 bits per heavy atom. The molecule has 1 fully saturated rings. The first kappa shape index (κ1) is 15.8. The lowest BCUT2D eigenvalue weighted by atomic mass is 9.81. The Bertz CT molecular complexity index is 538. The zero-order valence-corrected chi connectivity index (χ0v) is 12.9. The highest BCUT2D eigenvalue weighted by Crippen LogP contribution is 2.31. The van der Waals surface area contributed by atoms with E-state index in [0.717, 1.165) is 24.8 Å². The van der Waals surface area contributed by atoms with Gasteiger partial charge in [-0.3, -0.25) is 0 Å². The Labute approximate surface area is 125 Å². The molecule has 1 aromatic rings. The lowest BCUT2D eigenvalue weighted by Gasteiger charge is -2.36. The smallest absolute Gasteiger partial charge is 0.240 e. The maximum atomic E-state index is 12.1. The molecular weight excluding hydrogens is 298 g/mol. The second-order valence-corrected chi connectivity index (χ2v) is 7.48. The van der Waals surface area contributed by atoms with Crippen LogP contribution in [0.1, 0.15) is 31.2 Å². The van der Waals surface area contributed by atoms with E-state index in [4.69, 9.17) is 11.6 Å². The van der Waals surface area contributed by atoms with Gasteiger partial charge in [0, 0.05) is 12.4 Å². The molecule has 4 nitrogen and oxygen atoms in total. The Hall–Kier alpha value is -0.620.